The van der Waals surface area contributed by atoms with Crippen molar-refractivity contribution >= 4 is 0 Å². The number of rotatable bonds is 8. The highest BCUT2D eigenvalue weighted by molar-refractivity contribution is 5.64. The molecule has 0 saturated heterocycles. The van der Waals surface area contributed by atoms with Gasteiger partial charge in [0.25, 0.3) is 0 Å². The molecule has 0 aliphatic heterocycles. The van der Waals surface area contributed by atoms with E-state index >= 15 is 0 Å². The molecule has 1 aromatic heterocycles. The van der Waals surface area contributed by atoms with E-state index < -0.39 is 6.17 Å². The monoisotopic (exact) mass is 400 g/mol. The van der Waals surface area contributed by atoms with Crippen LogP contribution in [0.2, 0.25) is 0 Å². The first-order valence-electron chi connectivity index (χ1n) is 10.1. The number of halogens is 1. The summed E-state index contributed by atoms with van der Waals surface area (Å²) in [6.45, 7) is 5.70. The Balaban J connectivity index is 1.62. The first-order chi connectivity index (χ1) is 14.7. The zero-order chi connectivity index (χ0) is 21.2. The molecular weight excluding hydrogens is 375 g/mol. The highest BCUT2D eigenvalue weighted by atomic mass is 19.1. The van der Waals surface area contributed by atoms with E-state index in [2.05, 4.69) is 28.4 Å². The molecule has 0 radical (unpaired) electrons. The molecule has 1 heterocycles. The van der Waals surface area contributed by atoms with E-state index in [0.717, 1.165) is 34.4 Å². The van der Waals surface area contributed by atoms with E-state index in [0.29, 0.717) is 25.3 Å². The Morgan fingerprint density at radius 1 is 1.00 bits per heavy atom. The van der Waals surface area contributed by atoms with Gasteiger partial charge in [0.05, 0.1) is 6.17 Å². The second-order valence-electron chi connectivity index (χ2n) is 6.97. The van der Waals surface area contributed by atoms with E-state index in [1.807, 2.05) is 60.9 Å². The largest absolute Gasteiger partial charge is 0.490 e. The Kier molecular flexibility index (Phi) is 7.74. The summed E-state index contributed by atoms with van der Waals surface area (Å²) in [5.74, 6) is 7.68. The summed E-state index contributed by atoms with van der Waals surface area (Å²) >= 11 is 0. The van der Waals surface area contributed by atoms with Crippen LogP contribution in [0.5, 0.6) is 5.75 Å². The van der Waals surface area contributed by atoms with Gasteiger partial charge < -0.3 is 4.74 Å². The summed E-state index contributed by atoms with van der Waals surface area (Å²) in [6, 6.07) is 15.7. The highest BCUT2D eigenvalue weighted by Crippen LogP contribution is 2.22. The number of unbranched alkanes of at least 4 members (excludes halogenated alkanes) is 1. The van der Waals surface area contributed by atoms with Crippen LogP contribution < -0.4 is 4.74 Å². The predicted molar refractivity (Wildman–Crippen MR) is 120 cm³/mol. The maximum atomic E-state index is 12.8. The van der Waals surface area contributed by atoms with Gasteiger partial charge in [-0.3, -0.25) is 0 Å². The van der Waals surface area contributed by atoms with Crippen molar-refractivity contribution in [3.8, 4) is 40.1 Å². The van der Waals surface area contributed by atoms with Gasteiger partial charge in [0.2, 0.25) is 0 Å². The molecule has 3 aromatic rings. The fourth-order valence-corrected chi connectivity index (χ4v) is 2.86. The van der Waals surface area contributed by atoms with Gasteiger partial charge in [-0.2, -0.15) is 0 Å². The van der Waals surface area contributed by atoms with Crippen LogP contribution in [0.1, 0.15) is 31.7 Å². The van der Waals surface area contributed by atoms with Crippen molar-refractivity contribution in [1.29, 1.82) is 0 Å². The maximum absolute atomic E-state index is 12.8. The van der Waals surface area contributed by atoms with Crippen LogP contribution >= 0.6 is 0 Å². The number of hydrogen-bond acceptors (Lipinski definition) is 3. The molecule has 0 N–H and O–H groups in total. The topological polar surface area (TPSA) is 35.0 Å². The van der Waals surface area contributed by atoms with Gasteiger partial charge in [-0.15, -0.1) is 0 Å². The first-order valence-corrected chi connectivity index (χ1v) is 10.1. The summed E-state index contributed by atoms with van der Waals surface area (Å²) in [7, 11) is 0. The van der Waals surface area contributed by atoms with Crippen LogP contribution in [0.3, 0.4) is 0 Å². The molecule has 4 heteroatoms. The van der Waals surface area contributed by atoms with E-state index in [1.165, 1.54) is 0 Å². The molecule has 0 aliphatic carbocycles. The summed E-state index contributed by atoms with van der Waals surface area (Å²) in [5.41, 5.74) is 3.86. The minimum absolute atomic E-state index is 0.480. The van der Waals surface area contributed by atoms with Crippen LogP contribution in [-0.4, -0.2) is 22.7 Å². The lowest BCUT2D eigenvalue weighted by atomic mass is 10.1. The average molecular weight is 400 g/mol. The highest BCUT2D eigenvalue weighted by Gasteiger charge is 2.04. The Hall–Kier alpha value is -3.45. The smallest absolute Gasteiger partial charge is 0.159 e. The lowest BCUT2D eigenvalue weighted by Crippen LogP contribution is -1.93. The van der Waals surface area contributed by atoms with Gasteiger partial charge in [0, 0.05) is 35.5 Å². The SMILES string of the molecule is C=CCOc1ccc(-c2ncc(-c3ccc(C#CCCCC(C)F)cc3)cn2)cc1. The Morgan fingerprint density at radius 3 is 2.30 bits per heavy atom. The van der Waals surface area contributed by atoms with Gasteiger partial charge >= 0.3 is 0 Å². The third kappa shape index (κ3) is 6.28. The van der Waals surface area contributed by atoms with Crippen molar-refractivity contribution in [1.82, 2.24) is 9.97 Å². The molecule has 1 atom stereocenters. The molecule has 0 amide bonds. The lowest BCUT2D eigenvalue weighted by Gasteiger charge is -2.06. The van der Waals surface area contributed by atoms with Crippen molar-refractivity contribution < 1.29 is 9.13 Å². The normalized spacial score (nSPS) is 11.3. The summed E-state index contributed by atoms with van der Waals surface area (Å²) in [6.07, 6.45) is 6.67. The van der Waals surface area contributed by atoms with E-state index in [9.17, 15) is 4.39 Å². The molecule has 0 saturated carbocycles. The Bertz CT molecular complexity index is 998. The van der Waals surface area contributed by atoms with Gasteiger partial charge in [-0.25, -0.2) is 14.4 Å². The van der Waals surface area contributed by atoms with Gasteiger partial charge in [0.1, 0.15) is 12.4 Å². The van der Waals surface area contributed by atoms with Crippen LogP contribution in [0.4, 0.5) is 4.39 Å². The van der Waals surface area contributed by atoms with Crippen molar-refractivity contribution in [3.05, 3.63) is 79.1 Å². The number of alkyl halides is 1. The van der Waals surface area contributed by atoms with Crippen molar-refractivity contribution in [3.63, 3.8) is 0 Å². The van der Waals surface area contributed by atoms with Crippen LogP contribution in [0.25, 0.3) is 22.5 Å². The van der Waals surface area contributed by atoms with Crippen molar-refractivity contribution in [2.75, 3.05) is 6.61 Å². The van der Waals surface area contributed by atoms with E-state index in [1.54, 1.807) is 13.0 Å². The van der Waals surface area contributed by atoms with E-state index in [-0.39, 0.29) is 0 Å². The Morgan fingerprint density at radius 2 is 1.67 bits per heavy atom. The standard InChI is InChI=1S/C26H25FN2O/c1-3-17-30-25-15-13-23(14-16-25)26-28-18-24(19-29-26)22-11-9-21(10-12-22)8-6-4-5-7-20(2)27/h3,9-16,18-20H,1,4-5,7,17H2,2H3. The molecule has 0 bridgehead atoms. The van der Waals surface area contributed by atoms with Crippen molar-refractivity contribution in [2.24, 2.45) is 0 Å². The van der Waals surface area contributed by atoms with Gasteiger partial charge in [0.15, 0.2) is 5.82 Å². The van der Waals surface area contributed by atoms with Crippen LogP contribution in [0.15, 0.2) is 73.6 Å². The number of aromatic nitrogens is 2. The molecule has 0 fully saturated rings. The molecule has 3 rings (SSSR count). The number of benzene rings is 2. The first kappa shape index (κ1) is 21.3. The zero-order valence-electron chi connectivity index (χ0n) is 17.1. The molecule has 152 valence electrons. The third-order valence-electron chi connectivity index (χ3n) is 4.49. The number of hydrogen-bond donors (Lipinski definition) is 0. The number of ether oxygens (including phenoxy) is 1. The average Bonchev–Trinajstić information content (AvgIpc) is 2.78. The van der Waals surface area contributed by atoms with Crippen LogP contribution in [0, 0.1) is 11.8 Å². The quantitative estimate of drug-likeness (QED) is 0.254. The van der Waals surface area contributed by atoms with Crippen LogP contribution in [-0.2, 0) is 0 Å². The fraction of sp³-hybridized carbons (Fsp3) is 0.231. The van der Waals surface area contributed by atoms with Gasteiger partial charge in [-0.05, 0) is 61.7 Å². The minimum atomic E-state index is -0.754. The van der Waals surface area contributed by atoms with E-state index in [4.69, 9.17) is 4.74 Å². The molecule has 2 aromatic carbocycles. The zero-order valence-corrected chi connectivity index (χ0v) is 17.1. The minimum Gasteiger partial charge on any atom is -0.490 e. The summed E-state index contributed by atoms with van der Waals surface area (Å²) in [4.78, 5) is 8.99. The lowest BCUT2D eigenvalue weighted by molar-refractivity contribution is 0.336. The number of nitrogens with zero attached hydrogens (tertiary/aromatic N) is 2. The molecule has 30 heavy (non-hydrogen) atoms. The predicted octanol–water partition coefficient (Wildman–Crippen LogP) is 6.26. The maximum Gasteiger partial charge on any atom is 0.159 e. The molecular formula is C26H25FN2O. The van der Waals surface area contributed by atoms with Gasteiger partial charge in [-0.1, -0.05) is 36.6 Å². The third-order valence-corrected chi connectivity index (χ3v) is 4.49. The molecule has 3 nitrogen and oxygen atoms in total. The fourth-order valence-electron chi connectivity index (χ4n) is 2.86. The second-order valence-corrected chi connectivity index (χ2v) is 6.97. The molecule has 0 aliphatic rings. The summed E-state index contributed by atoms with van der Waals surface area (Å²) in [5, 5.41) is 0. The Labute approximate surface area is 177 Å². The summed E-state index contributed by atoms with van der Waals surface area (Å²) < 4.78 is 18.3. The molecule has 1 unspecified atom stereocenters. The molecule has 0 spiro atoms. The second kappa shape index (κ2) is 10.9. The van der Waals surface area contributed by atoms with Crippen molar-refractivity contribution in [2.45, 2.75) is 32.4 Å².